The molecule has 6 heteroatoms. The van der Waals surface area contributed by atoms with Crippen molar-refractivity contribution in [3.63, 3.8) is 0 Å². The van der Waals surface area contributed by atoms with Crippen molar-refractivity contribution in [3.8, 4) is 5.75 Å². The maximum absolute atomic E-state index is 11.9. The monoisotopic (exact) mass is 299 g/mol. The number of hydrogen-bond donors (Lipinski definition) is 2. The average Bonchev–Trinajstić information content (AvgIpc) is 2.53. The van der Waals surface area contributed by atoms with Gasteiger partial charge in [-0.2, -0.15) is 0 Å². The number of aryl methyl sites for hydroxylation is 1. The van der Waals surface area contributed by atoms with Gasteiger partial charge in [0.05, 0.1) is 6.61 Å². The molecule has 2 rings (SSSR count). The zero-order valence-electron chi connectivity index (χ0n) is 12.4. The Labute approximate surface area is 128 Å². The number of carbonyl (C=O) groups excluding carboxylic acids is 2. The first-order chi connectivity index (χ1) is 10.6. The number of pyridine rings is 1. The zero-order valence-corrected chi connectivity index (χ0v) is 12.4. The average molecular weight is 299 g/mol. The number of rotatable bonds is 4. The van der Waals surface area contributed by atoms with Crippen LogP contribution >= 0.6 is 0 Å². The zero-order chi connectivity index (χ0) is 15.9. The number of hydrogen-bond acceptors (Lipinski definition) is 4. The Bertz CT molecular complexity index is 669. The Morgan fingerprint density at radius 1 is 1.05 bits per heavy atom. The Morgan fingerprint density at radius 2 is 1.73 bits per heavy atom. The molecule has 2 aromatic rings. The molecule has 6 nitrogen and oxygen atoms in total. The van der Waals surface area contributed by atoms with Crippen molar-refractivity contribution in [1.29, 1.82) is 0 Å². The molecule has 0 saturated heterocycles. The Morgan fingerprint density at radius 3 is 2.36 bits per heavy atom. The fourth-order valence-electron chi connectivity index (χ4n) is 1.79. The smallest absolute Gasteiger partial charge is 0.288 e. The number of aromatic nitrogens is 1. The van der Waals surface area contributed by atoms with Crippen molar-refractivity contribution >= 4 is 11.8 Å². The number of nitrogens with one attached hydrogen (secondary N) is 2. The first-order valence-corrected chi connectivity index (χ1v) is 6.87. The van der Waals surface area contributed by atoms with Gasteiger partial charge in [0.2, 0.25) is 0 Å². The van der Waals surface area contributed by atoms with Gasteiger partial charge in [-0.1, -0.05) is 6.07 Å². The van der Waals surface area contributed by atoms with Gasteiger partial charge in [-0.25, -0.2) is 4.98 Å². The van der Waals surface area contributed by atoms with Crippen LogP contribution in [0, 0.1) is 6.92 Å². The van der Waals surface area contributed by atoms with Crippen LogP contribution in [0.5, 0.6) is 5.75 Å². The summed E-state index contributed by atoms with van der Waals surface area (Å²) in [5.74, 6) is -0.195. The summed E-state index contributed by atoms with van der Waals surface area (Å²) in [7, 11) is 0. The van der Waals surface area contributed by atoms with E-state index in [1.807, 2.05) is 6.92 Å². The summed E-state index contributed by atoms with van der Waals surface area (Å²) in [5, 5.41) is 0. The highest BCUT2D eigenvalue weighted by Crippen LogP contribution is 2.11. The Balaban J connectivity index is 1.93. The quantitative estimate of drug-likeness (QED) is 0.845. The normalized spacial score (nSPS) is 9.91. The Kier molecular flexibility index (Phi) is 5.08. The molecule has 22 heavy (non-hydrogen) atoms. The summed E-state index contributed by atoms with van der Waals surface area (Å²) in [6.45, 7) is 4.23. The first kappa shape index (κ1) is 15.5. The van der Waals surface area contributed by atoms with Gasteiger partial charge in [0.25, 0.3) is 11.8 Å². The maximum atomic E-state index is 11.9. The van der Waals surface area contributed by atoms with Gasteiger partial charge in [-0.15, -0.1) is 0 Å². The standard InChI is InChI=1S/C16H17N3O3/c1-3-22-13-9-7-12(8-10-13)15(20)18-19-16(21)14-6-4-5-11(2)17-14/h4-10H,3H2,1-2H3,(H,18,20)(H,19,21). The molecule has 0 aliphatic heterocycles. The van der Waals surface area contributed by atoms with Gasteiger partial charge < -0.3 is 4.74 Å². The first-order valence-electron chi connectivity index (χ1n) is 6.87. The third kappa shape index (κ3) is 4.05. The molecule has 0 aliphatic carbocycles. The molecular weight excluding hydrogens is 282 g/mol. The number of nitrogens with zero attached hydrogens (tertiary/aromatic N) is 1. The van der Waals surface area contributed by atoms with Crippen LogP contribution in [-0.4, -0.2) is 23.4 Å². The van der Waals surface area contributed by atoms with Crippen molar-refractivity contribution in [2.45, 2.75) is 13.8 Å². The molecule has 0 aliphatic rings. The molecular formula is C16H17N3O3. The van der Waals surface area contributed by atoms with Crippen molar-refractivity contribution in [2.75, 3.05) is 6.61 Å². The van der Waals surface area contributed by atoms with E-state index in [-0.39, 0.29) is 5.69 Å². The number of carbonyl (C=O) groups is 2. The number of benzene rings is 1. The molecule has 0 spiro atoms. The second-order valence-electron chi connectivity index (χ2n) is 4.53. The lowest BCUT2D eigenvalue weighted by molar-refractivity contribution is 0.0844. The summed E-state index contributed by atoms with van der Waals surface area (Å²) in [5.41, 5.74) is 6.07. The van der Waals surface area contributed by atoms with Gasteiger partial charge in [0.15, 0.2) is 0 Å². The summed E-state index contributed by atoms with van der Waals surface area (Å²) in [6, 6.07) is 11.7. The highest BCUT2D eigenvalue weighted by Gasteiger charge is 2.10. The summed E-state index contributed by atoms with van der Waals surface area (Å²) < 4.78 is 5.30. The molecule has 0 fully saturated rings. The van der Waals surface area contributed by atoms with E-state index in [1.54, 1.807) is 49.4 Å². The van der Waals surface area contributed by atoms with E-state index in [1.165, 1.54) is 0 Å². The molecule has 0 bridgehead atoms. The number of hydrazine groups is 1. The molecule has 1 aromatic carbocycles. The lowest BCUT2D eigenvalue weighted by Gasteiger charge is -2.08. The molecule has 0 atom stereocenters. The lowest BCUT2D eigenvalue weighted by Crippen LogP contribution is -2.41. The van der Waals surface area contributed by atoms with Crippen LogP contribution in [0.1, 0.15) is 33.5 Å². The van der Waals surface area contributed by atoms with Crippen LogP contribution in [0.3, 0.4) is 0 Å². The van der Waals surface area contributed by atoms with Crippen molar-refractivity contribution < 1.29 is 14.3 Å². The molecule has 0 saturated carbocycles. The second kappa shape index (κ2) is 7.21. The fraction of sp³-hybridized carbons (Fsp3) is 0.188. The van der Waals surface area contributed by atoms with Crippen LogP contribution in [0.15, 0.2) is 42.5 Å². The maximum Gasteiger partial charge on any atom is 0.288 e. The second-order valence-corrected chi connectivity index (χ2v) is 4.53. The minimum atomic E-state index is -0.469. The highest BCUT2D eigenvalue weighted by atomic mass is 16.5. The van der Waals surface area contributed by atoms with Gasteiger partial charge in [0, 0.05) is 11.3 Å². The largest absolute Gasteiger partial charge is 0.494 e. The van der Waals surface area contributed by atoms with Gasteiger partial charge in [-0.3, -0.25) is 20.4 Å². The molecule has 0 radical (unpaired) electrons. The van der Waals surface area contributed by atoms with Gasteiger partial charge in [-0.05, 0) is 50.2 Å². The topological polar surface area (TPSA) is 80.3 Å². The third-order valence-corrected chi connectivity index (χ3v) is 2.84. The highest BCUT2D eigenvalue weighted by molar-refractivity contribution is 5.98. The van der Waals surface area contributed by atoms with E-state index in [9.17, 15) is 9.59 Å². The van der Waals surface area contributed by atoms with E-state index < -0.39 is 11.8 Å². The van der Waals surface area contributed by atoms with Crippen molar-refractivity contribution in [2.24, 2.45) is 0 Å². The van der Waals surface area contributed by atoms with Gasteiger partial charge >= 0.3 is 0 Å². The molecule has 1 aromatic heterocycles. The van der Waals surface area contributed by atoms with E-state index in [0.717, 1.165) is 5.69 Å². The fourth-order valence-corrected chi connectivity index (χ4v) is 1.79. The molecule has 1 heterocycles. The minimum Gasteiger partial charge on any atom is -0.494 e. The van der Waals surface area contributed by atoms with E-state index >= 15 is 0 Å². The minimum absolute atomic E-state index is 0.243. The van der Waals surface area contributed by atoms with E-state index in [0.29, 0.717) is 17.9 Å². The predicted molar refractivity (Wildman–Crippen MR) is 81.5 cm³/mol. The van der Waals surface area contributed by atoms with Crippen LogP contribution in [0.25, 0.3) is 0 Å². The van der Waals surface area contributed by atoms with Crippen LogP contribution < -0.4 is 15.6 Å². The van der Waals surface area contributed by atoms with Crippen LogP contribution in [0.4, 0.5) is 0 Å². The van der Waals surface area contributed by atoms with E-state index in [2.05, 4.69) is 15.8 Å². The molecule has 2 amide bonds. The van der Waals surface area contributed by atoms with Crippen molar-refractivity contribution in [1.82, 2.24) is 15.8 Å². The van der Waals surface area contributed by atoms with Gasteiger partial charge in [0.1, 0.15) is 11.4 Å². The summed E-state index contributed by atoms with van der Waals surface area (Å²) in [4.78, 5) is 27.9. The van der Waals surface area contributed by atoms with Crippen LogP contribution in [-0.2, 0) is 0 Å². The molecule has 114 valence electrons. The lowest BCUT2D eigenvalue weighted by atomic mass is 10.2. The summed E-state index contributed by atoms with van der Waals surface area (Å²) >= 11 is 0. The van der Waals surface area contributed by atoms with Crippen LogP contribution in [0.2, 0.25) is 0 Å². The Hall–Kier alpha value is -2.89. The van der Waals surface area contributed by atoms with Crippen molar-refractivity contribution in [3.05, 3.63) is 59.4 Å². The summed E-state index contributed by atoms with van der Waals surface area (Å²) in [6.07, 6.45) is 0. The SMILES string of the molecule is CCOc1ccc(C(=O)NNC(=O)c2cccc(C)n2)cc1. The predicted octanol–water partition coefficient (Wildman–Crippen LogP) is 1.86. The van der Waals surface area contributed by atoms with E-state index in [4.69, 9.17) is 4.74 Å². The molecule has 2 N–H and O–H groups in total. The molecule has 0 unspecified atom stereocenters. The number of ether oxygens (including phenoxy) is 1. The third-order valence-electron chi connectivity index (χ3n) is 2.84. The number of amides is 2.